The van der Waals surface area contributed by atoms with Crippen LogP contribution < -0.4 is 9.47 Å². The van der Waals surface area contributed by atoms with Gasteiger partial charge in [-0.25, -0.2) is 0 Å². The van der Waals surface area contributed by atoms with E-state index in [2.05, 4.69) is 22.9 Å². The number of benzene rings is 1. The third kappa shape index (κ3) is 3.11. The second kappa shape index (κ2) is 5.95. The van der Waals surface area contributed by atoms with Crippen molar-refractivity contribution in [2.45, 2.75) is 27.2 Å². The van der Waals surface area contributed by atoms with Crippen LogP contribution in [-0.4, -0.2) is 19.0 Å². The minimum absolute atomic E-state index is 0.170. The van der Waals surface area contributed by atoms with Crippen molar-refractivity contribution in [2.24, 2.45) is 11.8 Å². The Morgan fingerprint density at radius 1 is 1.26 bits per heavy atom. The summed E-state index contributed by atoms with van der Waals surface area (Å²) in [4.78, 5) is 12.3. The molecule has 0 heterocycles. The van der Waals surface area contributed by atoms with Crippen LogP contribution in [0.3, 0.4) is 0 Å². The smallest absolute Gasteiger partial charge is 0.167 e. The topological polar surface area (TPSA) is 35.5 Å². The molecule has 0 saturated heterocycles. The average molecular weight is 327 g/mol. The Morgan fingerprint density at radius 3 is 2.26 bits per heavy atom. The summed E-state index contributed by atoms with van der Waals surface area (Å²) in [6.07, 6.45) is 0.989. The summed E-state index contributed by atoms with van der Waals surface area (Å²) >= 11 is 3.46. The summed E-state index contributed by atoms with van der Waals surface area (Å²) in [6, 6.07) is 3.63. The van der Waals surface area contributed by atoms with Gasteiger partial charge in [-0.05, 0) is 54.2 Å². The zero-order valence-electron chi connectivity index (χ0n) is 11.5. The van der Waals surface area contributed by atoms with E-state index >= 15 is 0 Å². The molecular formula is C15H19BrO3. The monoisotopic (exact) mass is 326 g/mol. The standard InChI is InChI=1S/C15H19BrO3/c1-4-18-13-7-11(15(17)10-6-9(10)3)12(16)8-14(13)19-5-2/h7-10H,4-6H2,1-3H3. The molecule has 104 valence electrons. The summed E-state index contributed by atoms with van der Waals surface area (Å²) in [5.74, 6) is 2.19. The fourth-order valence-electron chi connectivity index (χ4n) is 2.15. The quantitative estimate of drug-likeness (QED) is 0.739. The number of carbonyl (C=O) groups excluding carboxylic acids is 1. The van der Waals surface area contributed by atoms with Gasteiger partial charge < -0.3 is 9.47 Å². The van der Waals surface area contributed by atoms with Crippen LogP contribution in [-0.2, 0) is 0 Å². The Hall–Kier alpha value is -1.03. The normalized spacial score (nSPS) is 21.1. The SMILES string of the molecule is CCOc1cc(Br)c(C(=O)C2CC2C)cc1OCC. The van der Waals surface area contributed by atoms with Gasteiger partial charge in [0.1, 0.15) is 0 Å². The number of rotatable bonds is 6. The number of ether oxygens (including phenoxy) is 2. The highest BCUT2D eigenvalue weighted by atomic mass is 79.9. The molecule has 4 heteroatoms. The number of ketones is 1. The van der Waals surface area contributed by atoms with E-state index in [1.165, 1.54) is 0 Å². The molecule has 19 heavy (non-hydrogen) atoms. The van der Waals surface area contributed by atoms with Gasteiger partial charge in [-0.15, -0.1) is 0 Å². The lowest BCUT2D eigenvalue weighted by Gasteiger charge is -2.13. The Bertz CT molecular complexity index is 485. The zero-order valence-corrected chi connectivity index (χ0v) is 13.1. The zero-order chi connectivity index (χ0) is 14.0. The predicted octanol–water partition coefficient (Wildman–Crippen LogP) is 4.09. The molecule has 2 atom stereocenters. The predicted molar refractivity (Wildman–Crippen MR) is 78.1 cm³/mol. The van der Waals surface area contributed by atoms with Gasteiger partial charge in [0.05, 0.1) is 13.2 Å². The maximum Gasteiger partial charge on any atom is 0.167 e. The maximum atomic E-state index is 12.3. The summed E-state index contributed by atoms with van der Waals surface area (Å²) in [5.41, 5.74) is 0.696. The second-order valence-corrected chi connectivity index (χ2v) is 5.68. The lowest BCUT2D eigenvalue weighted by Crippen LogP contribution is -2.06. The molecule has 0 radical (unpaired) electrons. The molecule has 0 amide bonds. The van der Waals surface area contributed by atoms with E-state index in [9.17, 15) is 4.79 Å². The third-order valence-electron chi connectivity index (χ3n) is 3.34. The first kappa shape index (κ1) is 14.4. The molecular weight excluding hydrogens is 308 g/mol. The molecule has 1 aromatic carbocycles. The Kier molecular flexibility index (Phi) is 4.50. The van der Waals surface area contributed by atoms with E-state index in [-0.39, 0.29) is 11.7 Å². The first-order chi connectivity index (χ1) is 9.08. The van der Waals surface area contributed by atoms with Crippen molar-refractivity contribution >= 4 is 21.7 Å². The van der Waals surface area contributed by atoms with E-state index in [0.29, 0.717) is 36.2 Å². The van der Waals surface area contributed by atoms with Gasteiger partial charge >= 0.3 is 0 Å². The van der Waals surface area contributed by atoms with Crippen LogP contribution >= 0.6 is 15.9 Å². The summed E-state index contributed by atoms with van der Waals surface area (Å²) in [7, 11) is 0. The van der Waals surface area contributed by atoms with Crippen molar-refractivity contribution in [1.82, 2.24) is 0 Å². The van der Waals surface area contributed by atoms with E-state index < -0.39 is 0 Å². The lowest BCUT2D eigenvalue weighted by atomic mass is 10.1. The van der Waals surface area contributed by atoms with E-state index in [1.807, 2.05) is 19.9 Å². The molecule has 3 nitrogen and oxygen atoms in total. The maximum absolute atomic E-state index is 12.3. The molecule has 0 aromatic heterocycles. The average Bonchev–Trinajstić information content (AvgIpc) is 3.09. The summed E-state index contributed by atoms with van der Waals surface area (Å²) in [6.45, 7) is 7.07. The van der Waals surface area contributed by atoms with Crippen LogP contribution in [0.15, 0.2) is 16.6 Å². The molecule has 0 aliphatic heterocycles. The highest BCUT2D eigenvalue weighted by Crippen LogP contribution is 2.43. The van der Waals surface area contributed by atoms with Gasteiger partial charge in [-0.2, -0.15) is 0 Å². The largest absolute Gasteiger partial charge is 0.490 e. The number of carbonyl (C=O) groups is 1. The molecule has 0 bridgehead atoms. The van der Waals surface area contributed by atoms with Crippen LogP contribution in [0, 0.1) is 11.8 Å². The van der Waals surface area contributed by atoms with Crippen molar-refractivity contribution in [1.29, 1.82) is 0 Å². The fraction of sp³-hybridized carbons (Fsp3) is 0.533. The molecule has 1 aromatic rings. The molecule has 1 saturated carbocycles. The molecule has 1 fully saturated rings. The first-order valence-electron chi connectivity index (χ1n) is 6.71. The van der Waals surface area contributed by atoms with Gasteiger partial charge in [-0.3, -0.25) is 4.79 Å². The van der Waals surface area contributed by atoms with E-state index in [0.717, 1.165) is 10.9 Å². The van der Waals surface area contributed by atoms with Crippen molar-refractivity contribution in [3.63, 3.8) is 0 Å². The Balaban J connectivity index is 2.33. The van der Waals surface area contributed by atoms with Gasteiger partial charge in [0.25, 0.3) is 0 Å². The number of hydrogen-bond acceptors (Lipinski definition) is 3. The molecule has 2 unspecified atom stereocenters. The fourth-order valence-corrected chi connectivity index (χ4v) is 2.67. The minimum Gasteiger partial charge on any atom is -0.490 e. The molecule has 2 rings (SSSR count). The Labute approximate surface area is 122 Å². The number of Topliss-reactive ketones (excluding diaryl/α,β-unsaturated/α-hetero) is 1. The third-order valence-corrected chi connectivity index (χ3v) is 4.00. The van der Waals surface area contributed by atoms with Crippen molar-refractivity contribution in [2.75, 3.05) is 13.2 Å². The van der Waals surface area contributed by atoms with Crippen LogP contribution in [0.2, 0.25) is 0 Å². The van der Waals surface area contributed by atoms with Gasteiger partial charge in [0, 0.05) is 16.0 Å². The van der Waals surface area contributed by atoms with Crippen molar-refractivity contribution in [3.05, 3.63) is 22.2 Å². The first-order valence-corrected chi connectivity index (χ1v) is 7.51. The Morgan fingerprint density at radius 2 is 1.79 bits per heavy atom. The van der Waals surface area contributed by atoms with Crippen LogP contribution in [0.5, 0.6) is 11.5 Å². The van der Waals surface area contributed by atoms with Crippen LogP contribution in [0.4, 0.5) is 0 Å². The molecule has 1 aliphatic rings. The lowest BCUT2D eigenvalue weighted by molar-refractivity contribution is 0.0961. The number of halogens is 1. The minimum atomic E-state index is 0.170. The highest BCUT2D eigenvalue weighted by Gasteiger charge is 2.40. The molecule has 1 aliphatic carbocycles. The van der Waals surface area contributed by atoms with Crippen molar-refractivity contribution < 1.29 is 14.3 Å². The van der Waals surface area contributed by atoms with Crippen LogP contribution in [0.1, 0.15) is 37.6 Å². The van der Waals surface area contributed by atoms with E-state index in [1.54, 1.807) is 6.07 Å². The van der Waals surface area contributed by atoms with Gasteiger partial charge in [0.15, 0.2) is 17.3 Å². The second-order valence-electron chi connectivity index (χ2n) is 4.83. The van der Waals surface area contributed by atoms with E-state index in [4.69, 9.17) is 9.47 Å². The van der Waals surface area contributed by atoms with Gasteiger partial charge in [-0.1, -0.05) is 6.92 Å². The van der Waals surface area contributed by atoms with Crippen molar-refractivity contribution in [3.8, 4) is 11.5 Å². The molecule has 0 spiro atoms. The van der Waals surface area contributed by atoms with Crippen LogP contribution in [0.25, 0.3) is 0 Å². The number of hydrogen-bond donors (Lipinski definition) is 0. The van der Waals surface area contributed by atoms with Gasteiger partial charge in [0.2, 0.25) is 0 Å². The summed E-state index contributed by atoms with van der Waals surface area (Å²) < 4.78 is 11.9. The summed E-state index contributed by atoms with van der Waals surface area (Å²) in [5, 5.41) is 0. The highest BCUT2D eigenvalue weighted by molar-refractivity contribution is 9.10. The molecule has 0 N–H and O–H groups in total.